The normalized spacial score (nSPS) is 31.9. The number of carbonyl (C=O) groups excluding carboxylic acids is 3. The topological polar surface area (TPSA) is 96.4 Å². The number of hydrogen-bond donors (Lipinski definition) is 1. The van der Waals surface area contributed by atoms with E-state index in [1.54, 1.807) is 22.8 Å². The second-order valence-corrected chi connectivity index (χ2v) is 8.64. The van der Waals surface area contributed by atoms with Crippen molar-refractivity contribution in [3.05, 3.63) is 12.7 Å². The average molecular weight is 423 g/mol. The molecule has 0 aromatic rings. The monoisotopic (exact) mass is 422 g/mol. The van der Waals surface area contributed by atoms with E-state index in [-0.39, 0.29) is 37.2 Å². The lowest BCUT2D eigenvalue weighted by atomic mass is 9.70. The van der Waals surface area contributed by atoms with Crippen molar-refractivity contribution in [2.24, 2.45) is 11.8 Å². The summed E-state index contributed by atoms with van der Waals surface area (Å²) in [4.78, 5) is 43.3. The van der Waals surface area contributed by atoms with Crippen LogP contribution in [-0.2, 0) is 23.9 Å². The number of aliphatic hydroxyl groups excluding tert-OH is 1. The molecule has 8 nitrogen and oxygen atoms in total. The van der Waals surface area contributed by atoms with Gasteiger partial charge in [0.05, 0.1) is 24.5 Å². The highest BCUT2D eigenvalue weighted by Gasteiger charge is 2.75. The molecule has 3 rings (SSSR count). The SMILES string of the molecule is C=CCN(C(=O)C1N(CCCCO)C(=O)[C@@H]2[C@@H](C(=O)OCC)[C@H]3CCC12O3)C(C)C. The zero-order chi connectivity index (χ0) is 22.1. The van der Waals surface area contributed by atoms with Crippen molar-refractivity contribution in [3.8, 4) is 0 Å². The Labute approximate surface area is 178 Å². The van der Waals surface area contributed by atoms with E-state index in [1.807, 2.05) is 13.8 Å². The fraction of sp³-hybridized carbons (Fsp3) is 0.773. The largest absolute Gasteiger partial charge is 0.466 e. The zero-order valence-corrected chi connectivity index (χ0v) is 18.2. The Kier molecular flexibility index (Phi) is 6.87. The summed E-state index contributed by atoms with van der Waals surface area (Å²) in [6.45, 7) is 10.3. The molecule has 8 heteroatoms. The fourth-order valence-corrected chi connectivity index (χ4v) is 5.42. The molecular weight excluding hydrogens is 388 g/mol. The minimum Gasteiger partial charge on any atom is -0.466 e. The number of aliphatic hydroxyl groups is 1. The van der Waals surface area contributed by atoms with Gasteiger partial charge in [0.1, 0.15) is 11.6 Å². The van der Waals surface area contributed by atoms with Gasteiger partial charge in [-0.2, -0.15) is 0 Å². The molecule has 30 heavy (non-hydrogen) atoms. The van der Waals surface area contributed by atoms with E-state index in [1.165, 1.54) is 0 Å². The van der Waals surface area contributed by atoms with Crippen molar-refractivity contribution < 1.29 is 29.0 Å². The highest BCUT2D eigenvalue weighted by atomic mass is 16.6. The number of carbonyl (C=O) groups is 3. The van der Waals surface area contributed by atoms with Crippen LogP contribution in [0.1, 0.15) is 46.5 Å². The number of nitrogens with zero attached hydrogens (tertiary/aromatic N) is 2. The summed E-state index contributed by atoms with van der Waals surface area (Å²) in [5.41, 5.74) is -0.996. The molecule has 2 unspecified atom stereocenters. The first kappa shape index (κ1) is 22.7. The summed E-state index contributed by atoms with van der Waals surface area (Å²) >= 11 is 0. The first-order valence-corrected chi connectivity index (χ1v) is 11.0. The number of hydrogen-bond acceptors (Lipinski definition) is 6. The molecule has 3 saturated heterocycles. The van der Waals surface area contributed by atoms with Gasteiger partial charge in [-0.1, -0.05) is 6.08 Å². The van der Waals surface area contributed by atoms with Gasteiger partial charge in [-0.3, -0.25) is 14.4 Å². The lowest BCUT2D eigenvalue weighted by Crippen LogP contribution is -2.57. The van der Waals surface area contributed by atoms with Gasteiger partial charge in [-0.15, -0.1) is 6.58 Å². The van der Waals surface area contributed by atoms with E-state index < -0.39 is 29.4 Å². The van der Waals surface area contributed by atoms with Gasteiger partial charge >= 0.3 is 5.97 Å². The van der Waals surface area contributed by atoms with Crippen LogP contribution < -0.4 is 0 Å². The Balaban J connectivity index is 1.99. The Morgan fingerprint density at radius 3 is 2.77 bits per heavy atom. The van der Waals surface area contributed by atoms with Crippen LogP contribution in [0.4, 0.5) is 0 Å². The van der Waals surface area contributed by atoms with Crippen molar-refractivity contribution in [1.29, 1.82) is 0 Å². The quantitative estimate of drug-likeness (QED) is 0.322. The fourth-order valence-electron chi connectivity index (χ4n) is 5.42. The van der Waals surface area contributed by atoms with Crippen molar-refractivity contribution >= 4 is 17.8 Å². The summed E-state index contributed by atoms with van der Waals surface area (Å²) in [5, 5.41) is 9.18. The predicted molar refractivity (Wildman–Crippen MR) is 109 cm³/mol. The molecule has 2 bridgehead atoms. The van der Waals surface area contributed by atoms with Crippen molar-refractivity contribution in [2.75, 3.05) is 26.3 Å². The van der Waals surface area contributed by atoms with E-state index in [0.29, 0.717) is 38.8 Å². The van der Waals surface area contributed by atoms with Crippen molar-refractivity contribution in [1.82, 2.24) is 9.80 Å². The standard InChI is InChI=1S/C22H34N2O6/c1-5-11-23(14(3)4)20(27)18-22-10-9-15(30-22)16(21(28)29-6-2)17(22)19(26)24(18)12-7-8-13-25/h5,14-18,25H,1,6-13H2,2-4H3/t15-,16+,17+,18?,22?/m1/s1. The first-order chi connectivity index (χ1) is 14.3. The van der Waals surface area contributed by atoms with Gasteiger partial charge in [0.15, 0.2) is 0 Å². The van der Waals surface area contributed by atoms with Gasteiger partial charge in [0.25, 0.3) is 0 Å². The van der Waals surface area contributed by atoms with Crippen molar-refractivity contribution in [2.45, 2.75) is 70.2 Å². The molecule has 5 atom stereocenters. The lowest BCUT2D eigenvalue weighted by Gasteiger charge is -2.38. The summed E-state index contributed by atoms with van der Waals surface area (Å²) in [5.74, 6) is -2.17. The molecule has 0 aliphatic carbocycles. The predicted octanol–water partition coefficient (Wildman–Crippen LogP) is 1.12. The second-order valence-electron chi connectivity index (χ2n) is 8.64. The van der Waals surface area contributed by atoms with Crippen LogP contribution >= 0.6 is 0 Å². The molecule has 168 valence electrons. The van der Waals surface area contributed by atoms with Crippen LogP contribution in [0.25, 0.3) is 0 Å². The Hall–Kier alpha value is -1.93. The van der Waals surface area contributed by atoms with Gasteiger partial charge in [-0.25, -0.2) is 0 Å². The minimum absolute atomic E-state index is 0.0217. The van der Waals surface area contributed by atoms with Crippen LogP contribution in [0, 0.1) is 11.8 Å². The number of likely N-dealkylation sites (tertiary alicyclic amines) is 1. The molecule has 0 saturated carbocycles. The molecular formula is C22H34N2O6. The number of unbranched alkanes of at least 4 members (excludes halogenated alkanes) is 1. The van der Waals surface area contributed by atoms with Crippen LogP contribution in [0.5, 0.6) is 0 Å². The maximum atomic E-state index is 13.7. The van der Waals surface area contributed by atoms with Gasteiger partial charge in [0, 0.05) is 25.7 Å². The number of amides is 2. The Morgan fingerprint density at radius 2 is 2.17 bits per heavy atom. The molecule has 0 radical (unpaired) electrons. The minimum atomic E-state index is -0.996. The highest BCUT2D eigenvalue weighted by Crippen LogP contribution is 2.58. The molecule has 3 aliphatic heterocycles. The molecule has 0 aromatic carbocycles. The van der Waals surface area contributed by atoms with E-state index in [9.17, 15) is 19.5 Å². The Morgan fingerprint density at radius 1 is 1.43 bits per heavy atom. The third-order valence-electron chi connectivity index (χ3n) is 6.63. The number of rotatable bonds is 10. The first-order valence-electron chi connectivity index (χ1n) is 11.0. The average Bonchev–Trinajstić information content (AvgIpc) is 3.33. The van der Waals surface area contributed by atoms with Gasteiger partial charge in [0.2, 0.25) is 11.8 Å². The molecule has 0 aromatic heterocycles. The summed E-state index contributed by atoms with van der Waals surface area (Å²) in [6, 6.07) is -0.847. The van der Waals surface area contributed by atoms with E-state index in [4.69, 9.17) is 9.47 Å². The molecule has 1 N–H and O–H groups in total. The smallest absolute Gasteiger partial charge is 0.312 e. The third-order valence-corrected chi connectivity index (χ3v) is 6.63. The van der Waals surface area contributed by atoms with E-state index >= 15 is 0 Å². The van der Waals surface area contributed by atoms with E-state index in [2.05, 4.69) is 6.58 Å². The Bertz CT molecular complexity index is 695. The summed E-state index contributed by atoms with van der Waals surface area (Å²) < 4.78 is 11.6. The molecule has 1 spiro atoms. The van der Waals surface area contributed by atoms with Gasteiger partial charge < -0.3 is 24.4 Å². The van der Waals surface area contributed by atoms with Crippen LogP contribution in [0.15, 0.2) is 12.7 Å². The summed E-state index contributed by atoms with van der Waals surface area (Å²) in [6.07, 6.45) is 3.59. The van der Waals surface area contributed by atoms with Crippen LogP contribution in [0.2, 0.25) is 0 Å². The molecule has 2 amide bonds. The van der Waals surface area contributed by atoms with Crippen LogP contribution in [-0.4, -0.2) is 82.8 Å². The second kappa shape index (κ2) is 9.06. The maximum Gasteiger partial charge on any atom is 0.312 e. The van der Waals surface area contributed by atoms with Crippen molar-refractivity contribution in [3.63, 3.8) is 0 Å². The van der Waals surface area contributed by atoms with E-state index in [0.717, 1.165) is 0 Å². The highest BCUT2D eigenvalue weighted by molar-refractivity contribution is 5.98. The molecule has 3 fully saturated rings. The number of esters is 1. The van der Waals surface area contributed by atoms with Gasteiger partial charge in [-0.05, 0) is 46.5 Å². The lowest BCUT2D eigenvalue weighted by molar-refractivity contribution is -0.155. The van der Waals surface area contributed by atoms with Crippen LogP contribution in [0.3, 0.4) is 0 Å². The third kappa shape index (κ3) is 3.54. The molecule has 3 aliphatic rings. The summed E-state index contributed by atoms with van der Waals surface area (Å²) in [7, 11) is 0. The zero-order valence-electron chi connectivity index (χ0n) is 18.2. The maximum absolute atomic E-state index is 13.7. The number of ether oxygens (including phenoxy) is 2. The number of fused-ring (bicyclic) bond motifs is 1. The molecule has 3 heterocycles.